The van der Waals surface area contributed by atoms with Crippen molar-refractivity contribution >= 4 is 17.6 Å². The molecule has 0 aromatic heterocycles. The number of aromatic hydroxyl groups is 1. The lowest BCUT2D eigenvalue weighted by Gasteiger charge is -2.12. The minimum Gasteiger partial charge on any atom is -0.502 e. The van der Waals surface area contributed by atoms with E-state index in [2.05, 4.69) is 18.8 Å². The quantitative estimate of drug-likeness (QED) is 0.299. The Balaban J connectivity index is 2.00. The normalized spacial score (nSPS) is 12.2. The number of nitrogens with zero attached hydrogens (tertiary/aromatic N) is 2. The van der Waals surface area contributed by atoms with Crippen LogP contribution < -0.4 is 0 Å². The van der Waals surface area contributed by atoms with E-state index in [1.165, 1.54) is 12.3 Å². The molecule has 148 valence electrons. The Morgan fingerprint density at radius 3 is 2.45 bits per heavy atom. The number of rotatable bonds is 7. The van der Waals surface area contributed by atoms with E-state index >= 15 is 0 Å². The first kappa shape index (κ1) is 20.3. The molecule has 3 aromatic carbocycles. The second-order valence-electron chi connectivity index (χ2n) is 7.10. The molecule has 1 atom stereocenters. The summed E-state index contributed by atoms with van der Waals surface area (Å²) in [5, 5.41) is 21.9. The van der Waals surface area contributed by atoms with Gasteiger partial charge in [0.15, 0.2) is 0 Å². The lowest BCUT2D eigenvalue weighted by molar-refractivity contribution is -0.385. The average Bonchev–Trinajstić information content (AvgIpc) is 2.74. The molecule has 5 nitrogen and oxygen atoms in total. The summed E-state index contributed by atoms with van der Waals surface area (Å²) in [6.07, 6.45) is 3.03. The Bertz CT molecular complexity index is 1030. The number of hydrogen-bond donors (Lipinski definition) is 1. The molecule has 0 aliphatic heterocycles. The summed E-state index contributed by atoms with van der Waals surface area (Å²) in [4.78, 5) is 15.4. The Kier molecular flexibility index (Phi) is 6.39. The summed E-state index contributed by atoms with van der Waals surface area (Å²) in [6, 6.07) is 20.7. The zero-order valence-corrected chi connectivity index (χ0v) is 16.6. The molecule has 0 bridgehead atoms. The largest absolute Gasteiger partial charge is 0.502 e. The fraction of sp³-hybridized carbons (Fsp3) is 0.208. The molecule has 0 unspecified atom stereocenters. The van der Waals surface area contributed by atoms with E-state index in [1.54, 1.807) is 6.07 Å². The highest BCUT2D eigenvalue weighted by Crippen LogP contribution is 2.33. The number of hydrogen-bond acceptors (Lipinski definition) is 4. The molecule has 0 spiro atoms. The summed E-state index contributed by atoms with van der Waals surface area (Å²) in [5.74, 6) is -0.0210. The predicted octanol–water partition coefficient (Wildman–Crippen LogP) is 6.16. The highest BCUT2D eigenvalue weighted by Gasteiger charge is 2.18. The highest BCUT2D eigenvalue weighted by molar-refractivity contribution is 5.88. The van der Waals surface area contributed by atoms with E-state index < -0.39 is 4.92 Å². The molecule has 29 heavy (non-hydrogen) atoms. The summed E-state index contributed by atoms with van der Waals surface area (Å²) in [6.45, 7) is 4.25. The van der Waals surface area contributed by atoms with Crippen LogP contribution in [0.4, 0.5) is 11.4 Å². The van der Waals surface area contributed by atoms with E-state index in [0.29, 0.717) is 17.9 Å². The SMILES string of the molecule is CC[C@H](C)c1ccccc1N=Cc1cc(Cc2ccccc2)cc([N+](=O)[O-])c1O. The van der Waals surface area contributed by atoms with Gasteiger partial charge in [-0.25, -0.2) is 0 Å². The van der Waals surface area contributed by atoms with E-state index in [4.69, 9.17) is 0 Å². The topological polar surface area (TPSA) is 75.7 Å². The van der Waals surface area contributed by atoms with E-state index in [0.717, 1.165) is 28.8 Å². The van der Waals surface area contributed by atoms with Crippen molar-refractivity contribution in [1.29, 1.82) is 0 Å². The average molecular weight is 388 g/mol. The van der Waals surface area contributed by atoms with Crippen molar-refractivity contribution in [1.82, 2.24) is 0 Å². The summed E-state index contributed by atoms with van der Waals surface area (Å²) in [5.41, 5.74) is 3.73. The van der Waals surface area contributed by atoms with Gasteiger partial charge in [0.1, 0.15) is 0 Å². The Labute approximate surface area is 170 Å². The van der Waals surface area contributed by atoms with Crippen molar-refractivity contribution in [2.45, 2.75) is 32.6 Å². The Morgan fingerprint density at radius 1 is 1.07 bits per heavy atom. The molecule has 0 radical (unpaired) electrons. The van der Waals surface area contributed by atoms with Crippen LogP contribution in [0.25, 0.3) is 0 Å². The van der Waals surface area contributed by atoms with Gasteiger partial charge in [-0.15, -0.1) is 0 Å². The van der Waals surface area contributed by atoms with Crippen molar-refractivity contribution < 1.29 is 10.0 Å². The van der Waals surface area contributed by atoms with Crippen LogP contribution >= 0.6 is 0 Å². The number of phenolic OH excluding ortho intramolecular Hbond substituents is 1. The standard InChI is InChI=1S/C24H24N2O3/c1-3-17(2)21-11-7-8-12-22(21)25-16-20-14-19(13-18-9-5-4-6-10-18)15-23(24(20)27)26(28)29/h4-12,14-17,27H,3,13H2,1-2H3/t17-/m0/s1. The Hall–Kier alpha value is -3.47. The van der Waals surface area contributed by atoms with Gasteiger partial charge in [-0.3, -0.25) is 15.1 Å². The predicted molar refractivity (Wildman–Crippen MR) is 116 cm³/mol. The first-order chi connectivity index (χ1) is 14.0. The van der Waals surface area contributed by atoms with Gasteiger partial charge in [0.25, 0.3) is 0 Å². The second-order valence-corrected chi connectivity index (χ2v) is 7.10. The maximum atomic E-state index is 11.4. The number of nitro groups is 1. The molecule has 3 aromatic rings. The molecule has 0 aliphatic carbocycles. The van der Waals surface area contributed by atoms with Crippen LogP contribution in [0, 0.1) is 10.1 Å². The second kappa shape index (κ2) is 9.15. The zero-order valence-electron chi connectivity index (χ0n) is 16.6. The molecule has 1 N–H and O–H groups in total. The molecule has 0 aliphatic rings. The molecule has 0 heterocycles. The maximum absolute atomic E-state index is 11.4. The molecular weight excluding hydrogens is 364 g/mol. The summed E-state index contributed by atoms with van der Waals surface area (Å²) in [7, 11) is 0. The van der Waals surface area contributed by atoms with Crippen molar-refractivity contribution in [3.05, 3.63) is 99.1 Å². The minimum absolute atomic E-state index is 0.310. The summed E-state index contributed by atoms with van der Waals surface area (Å²) >= 11 is 0. The van der Waals surface area contributed by atoms with Crippen molar-refractivity contribution in [2.75, 3.05) is 0 Å². The molecule has 0 saturated carbocycles. The van der Waals surface area contributed by atoms with Gasteiger partial charge in [-0.1, -0.05) is 62.4 Å². The number of para-hydroxylation sites is 1. The fourth-order valence-corrected chi connectivity index (χ4v) is 3.25. The van der Waals surface area contributed by atoms with Crippen LogP contribution in [-0.4, -0.2) is 16.2 Å². The van der Waals surface area contributed by atoms with E-state index in [-0.39, 0.29) is 11.4 Å². The van der Waals surface area contributed by atoms with Gasteiger partial charge in [0.05, 0.1) is 10.6 Å². The van der Waals surface area contributed by atoms with Gasteiger partial charge in [0.2, 0.25) is 5.75 Å². The van der Waals surface area contributed by atoms with Crippen molar-refractivity contribution in [3.8, 4) is 5.75 Å². The third-order valence-electron chi connectivity index (χ3n) is 5.05. The van der Waals surface area contributed by atoms with E-state index in [1.807, 2.05) is 54.6 Å². The van der Waals surface area contributed by atoms with Gasteiger partial charge >= 0.3 is 5.69 Å². The lowest BCUT2D eigenvalue weighted by atomic mass is 9.97. The monoisotopic (exact) mass is 388 g/mol. The van der Waals surface area contributed by atoms with Crippen LogP contribution in [0.3, 0.4) is 0 Å². The Morgan fingerprint density at radius 2 is 1.76 bits per heavy atom. The van der Waals surface area contributed by atoms with Crippen molar-refractivity contribution in [2.24, 2.45) is 4.99 Å². The van der Waals surface area contributed by atoms with Gasteiger partial charge in [-0.05, 0) is 47.6 Å². The molecule has 0 saturated heterocycles. The number of benzene rings is 3. The third-order valence-corrected chi connectivity index (χ3v) is 5.05. The maximum Gasteiger partial charge on any atom is 0.311 e. The summed E-state index contributed by atoms with van der Waals surface area (Å²) < 4.78 is 0. The van der Waals surface area contributed by atoms with Gasteiger partial charge in [-0.2, -0.15) is 0 Å². The smallest absolute Gasteiger partial charge is 0.311 e. The fourth-order valence-electron chi connectivity index (χ4n) is 3.25. The van der Waals surface area contributed by atoms with Crippen molar-refractivity contribution in [3.63, 3.8) is 0 Å². The number of nitro benzene ring substituents is 1. The zero-order chi connectivity index (χ0) is 20.8. The molecular formula is C24H24N2O3. The molecule has 0 fully saturated rings. The lowest BCUT2D eigenvalue weighted by Crippen LogP contribution is -1.97. The molecule has 0 amide bonds. The van der Waals surface area contributed by atoms with Crippen LogP contribution in [0.2, 0.25) is 0 Å². The third kappa shape index (κ3) is 4.88. The van der Waals surface area contributed by atoms with Crippen LogP contribution in [0.5, 0.6) is 5.75 Å². The van der Waals surface area contributed by atoms with E-state index in [9.17, 15) is 15.2 Å². The van der Waals surface area contributed by atoms with Gasteiger partial charge in [0, 0.05) is 17.8 Å². The molecule has 5 heteroatoms. The number of aliphatic imine (C=N–C) groups is 1. The van der Waals surface area contributed by atoms with Crippen LogP contribution in [-0.2, 0) is 6.42 Å². The minimum atomic E-state index is -0.561. The first-order valence-corrected chi connectivity index (χ1v) is 9.66. The number of phenols is 1. The first-order valence-electron chi connectivity index (χ1n) is 9.66. The highest BCUT2D eigenvalue weighted by atomic mass is 16.6. The van der Waals surface area contributed by atoms with Crippen LogP contribution in [0.1, 0.15) is 48.4 Å². The van der Waals surface area contributed by atoms with Gasteiger partial charge < -0.3 is 5.11 Å². The molecule has 3 rings (SSSR count). The van der Waals surface area contributed by atoms with Crippen LogP contribution in [0.15, 0.2) is 71.7 Å².